The Kier molecular flexibility index (Phi) is 5.55. The lowest BCUT2D eigenvalue weighted by Gasteiger charge is -2.29. The molecule has 6 heteroatoms. The van der Waals surface area contributed by atoms with Crippen LogP contribution < -0.4 is 9.47 Å². The lowest BCUT2D eigenvalue weighted by molar-refractivity contribution is 0.0675. The van der Waals surface area contributed by atoms with Gasteiger partial charge in [-0.05, 0) is 54.3 Å². The van der Waals surface area contributed by atoms with Crippen LogP contribution in [-0.2, 0) is 13.0 Å². The molecule has 1 amide bonds. The van der Waals surface area contributed by atoms with E-state index in [4.69, 9.17) is 21.1 Å². The number of rotatable bonds is 6. The van der Waals surface area contributed by atoms with Crippen LogP contribution in [0.2, 0.25) is 5.02 Å². The zero-order valence-corrected chi connectivity index (χ0v) is 17.0. The fourth-order valence-electron chi connectivity index (χ4n) is 3.24. The Morgan fingerprint density at radius 1 is 1.14 bits per heavy atom. The average Bonchev–Trinajstić information content (AvgIpc) is 3.38. The van der Waals surface area contributed by atoms with Crippen molar-refractivity contribution in [1.29, 1.82) is 0 Å². The van der Waals surface area contributed by atoms with Crippen molar-refractivity contribution in [3.63, 3.8) is 0 Å². The van der Waals surface area contributed by atoms with Crippen molar-refractivity contribution in [3.05, 3.63) is 81.0 Å². The number of amides is 1. The molecule has 0 spiro atoms. The highest BCUT2D eigenvalue weighted by Gasteiger charge is 2.24. The molecule has 144 valence electrons. The summed E-state index contributed by atoms with van der Waals surface area (Å²) in [7, 11) is 0. The number of benzene rings is 2. The van der Waals surface area contributed by atoms with Crippen LogP contribution >= 0.6 is 22.9 Å². The number of ether oxygens (including phenoxy) is 2. The Morgan fingerprint density at radius 3 is 2.68 bits per heavy atom. The number of carbonyl (C=O) groups excluding carboxylic acids is 1. The summed E-state index contributed by atoms with van der Waals surface area (Å²) >= 11 is 7.72. The second-order valence-corrected chi connectivity index (χ2v) is 8.23. The predicted octanol–water partition coefficient (Wildman–Crippen LogP) is 5.40. The molecule has 28 heavy (non-hydrogen) atoms. The topological polar surface area (TPSA) is 38.8 Å². The number of carbonyl (C=O) groups is 1. The number of halogens is 1. The smallest absolute Gasteiger partial charge is 0.254 e. The SMILES string of the molecule is C[C@H](Cc1cccs1)N(Cc1ccc(Cl)cc1)C(=O)c1ccc2c(c1)OCO2. The first-order valence-corrected chi connectivity index (χ1v) is 10.3. The summed E-state index contributed by atoms with van der Waals surface area (Å²) in [5.74, 6) is 1.26. The van der Waals surface area contributed by atoms with E-state index in [9.17, 15) is 4.79 Å². The van der Waals surface area contributed by atoms with Crippen LogP contribution in [0.4, 0.5) is 0 Å². The van der Waals surface area contributed by atoms with Gasteiger partial charge in [-0.3, -0.25) is 4.79 Å². The highest BCUT2D eigenvalue weighted by atomic mass is 35.5. The molecule has 0 unspecified atom stereocenters. The van der Waals surface area contributed by atoms with Gasteiger partial charge in [0.2, 0.25) is 6.79 Å². The number of hydrogen-bond acceptors (Lipinski definition) is 4. The molecule has 4 rings (SSSR count). The van der Waals surface area contributed by atoms with E-state index in [-0.39, 0.29) is 18.7 Å². The first kappa shape index (κ1) is 18.8. The van der Waals surface area contributed by atoms with Gasteiger partial charge < -0.3 is 14.4 Å². The van der Waals surface area contributed by atoms with Crippen LogP contribution in [0.3, 0.4) is 0 Å². The molecule has 0 N–H and O–H groups in total. The maximum atomic E-state index is 13.4. The highest BCUT2D eigenvalue weighted by molar-refractivity contribution is 7.09. The third-order valence-electron chi connectivity index (χ3n) is 4.76. The minimum atomic E-state index is -0.0303. The van der Waals surface area contributed by atoms with Crippen molar-refractivity contribution < 1.29 is 14.3 Å². The summed E-state index contributed by atoms with van der Waals surface area (Å²) in [5, 5.41) is 2.75. The van der Waals surface area contributed by atoms with Gasteiger partial charge >= 0.3 is 0 Å². The summed E-state index contributed by atoms with van der Waals surface area (Å²) in [6.07, 6.45) is 0.807. The Hall–Kier alpha value is -2.50. The molecule has 0 saturated carbocycles. The van der Waals surface area contributed by atoms with E-state index < -0.39 is 0 Å². The van der Waals surface area contributed by atoms with Gasteiger partial charge in [-0.15, -0.1) is 11.3 Å². The van der Waals surface area contributed by atoms with Gasteiger partial charge in [0.05, 0.1) is 0 Å². The Balaban J connectivity index is 1.60. The summed E-state index contributed by atoms with van der Waals surface area (Å²) in [4.78, 5) is 16.6. The second kappa shape index (κ2) is 8.25. The minimum Gasteiger partial charge on any atom is -0.454 e. The molecular formula is C22H20ClNO3S. The van der Waals surface area contributed by atoms with Crippen molar-refractivity contribution >= 4 is 28.8 Å². The van der Waals surface area contributed by atoms with E-state index in [1.807, 2.05) is 35.2 Å². The normalized spacial score (nSPS) is 13.4. The number of hydrogen-bond donors (Lipinski definition) is 0. The van der Waals surface area contributed by atoms with Gasteiger partial charge in [0.25, 0.3) is 5.91 Å². The van der Waals surface area contributed by atoms with Crippen LogP contribution in [0.25, 0.3) is 0 Å². The predicted molar refractivity (Wildman–Crippen MR) is 111 cm³/mol. The molecule has 3 aromatic rings. The van der Waals surface area contributed by atoms with Crippen LogP contribution in [0.5, 0.6) is 11.5 Å². The third-order valence-corrected chi connectivity index (χ3v) is 5.91. The fraction of sp³-hybridized carbons (Fsp3) is 0.227. The first-order valence-electron chi connectivity index (χ1n) is 9.07. The highest BCUT2D eigenvalue weighted by Crippen LogP contribution is 2.33. The van der Waals surface area contributed by atoms with E-state index in [1.165, 1.54) is 4.88 Å². The van der Waals surface area contributed by atoms with Gasteiger partial charge in [-0.1, -0.05) is 29.8 Å². The molecule has 1 aliphatic rings. The van der Waals surface area contributed by atoms with Gasteiger partial charge in [0, 0.05) is 34.5 Å². The fourth-order valence-corrected chi connectivity index (χ4v) is 4.19. The van der Waals surface area contributed by atoms with Gasteiger partial charge in [0.15, 0.2) is 11.5 Å². The number of thiophene rings is 1. The van der Waals surface area contributed by atoms with Crippen molar-refractivity contribution in [1.82, 2.24) is 4.90 Å². The zero-order valence-electron chi connectivity index (χ0n) is 15.4. The van der Waals surface area contributed by atoms with Crippen molar-refractivity contribution in [2.75, 3.05) is 6.79 Å². The van der Waals surface area contributed by atoms with E-state index >= 15 is 0 Å². The van der Waals surface area contributed by atoms with Crippen LogP contribution in [0.1, 0.15) is 27.7 Å². The molecule has 4 nitrogen and oxygen atoms in total. The molecular weight excluding hydrogens is 394 g/mol. The summed E-state index contributed by atoms with van der Waals surface area (Å²) in [5.41, 5.74) is 1.63. The molecule has 1 aromatic heterocycles. The van der Waals surface area contributed by atoms with Gasteiger partial charge in [0.1, 0.15) is 0 Å². The first-order chi connectivity index (χ1) is 13.6. The molecule has 2 heterocycles. The maximum absolute atomic E-state index is 13.4. The number of fused-ring (bicyclic) bond motifs is 1. The average molecular weight is 414 g/mol. The van der Waals surface area contributed by atoms with Crippen LogP contribution in [0.15, 0.2) is 60.0 Å². The lowest BCUT2D eigenvalue weighted by Crippen LogP contribution is -2.39. The van der Waals surface area contributed by atoms with Crippen molar-refractivity contribution in [2.45, 2.75) is 25.9 Å². The molecule has 0 bridgehead atoms. The molecule has 1 atom stereocenters. The van der Waals surface area contributed by atoms with Crippen molar-refractivity contribution in [2.24, 2.45) is 0 Å². The number of nitrogens with zero attached hydrogens (tertiary/aromatic N) is 1. The minimum absolute atomic E-state index is 0.0303. The second-order valence-electron chi connectivity index (χ2n) is 6.76. The Labute approximate surface area is 173 Å². The monoisotopic (exact) mass is 413 g/mol. The van der Waals surface area contributed by atoms with E-state index in [0.29, 0.717) is 28.6 Å². The zero-order chi connectivity index (χ0) is 19.5. The van der Waals surface area contributed by atoms with Crippen LogP contribution in [-0.4, -0.2) is 23.6 Å². The van der Waals surface area contributed by atoms with Gasteiger partial charge in [-0.2, -0.15) is 0 Å². The molecule has 0 aliphatic carbocycles. The quantitative estimate of drug-likeness (QED) is 0.542. The summed E-state index contributed by atoms with van der Waals surface area (Å²) < 4.78 is 10.8. The molecule has 0 fully saturated rings. The molecule has 2 aromatic carbocycles. The lowest BCUT2D eigenvalue weighted by atomic mass is 10.1. The van der Waals surface area contributed by atoms with E-state index in [2.05, 4.69) is 18.4 Å². The van der Waals surface area contributed by atoms with E-state index in [1.54, 1.807) is 29.5 Å². The van der Waals surface area contributed by atoms with Crippen LogP contribution in [0, 0.1) is 0 Å². The van der Waals surface area contributed by atoms with E-state index in [0.717, 1.165) is 12.0 Å². The standard InChI is InChI=1S/C22H20ClNO3S/c1-15(11-19-3-2-10-28-19)24(13-16-4-7-18(23)8-5-16)22(25)17-6-9-20-21(12-17)27-14-26-20/h2-10,12,15H,11,13-14H2,1H3/t15-/m1/s1. The molecule has 0 radical (unpaired) electrons. The Bertz CT molecular complexity index is 956. The summed E-state index contributed by atoms with van der Waals surface area (Å²) in [6, 6.07) is 17.1. The third kappa shape index (κ3) is 4.16. The Morgan fingerprint density at radius 2 is 1.93 bits per heavy atom. The van der Waals surface area contributed by atoms with Gasteiger partial charge in [-0.25, -0.2) is 0 Å². The largest absolute Gasteiger partial charge is 0.454 e. The molecule has 1 aliphatic heterocycles. The maximum Gasteiger partial charge on any atom is 0.254 e. The van der Waals surface area contributed by atoms with Crippen molar-refractivity contribution in [3.8, 4) is 11.5 Å². The molecule has 0 saturated heterocycles. The summed E-state index contributed by atoms with van der Waals surface area (Å²) in [6.45, 7) is 2.79.